The van der Waals surface area contributed by atoms with E-state index in [2.05, 4.69) is 29.6 Å². The van der Waals surface area contributed by atoms with E-state index in [1.54, 1.807) is 0 Å². The fourth-order valence-corrected chi connectivity index (χ4v) is 5.47. The van der Waals surface area contributed by atoms with Gasteiger partial charge in [0.05, 0.1) is 4.58 Å². The number of hydrogen-bond donors (Lipinski definition) is 1. The van der Waals surface area contributed by atoms with Crippen molar-refractivity contribution in [1.82, 2.24) is 0 Å². The predicted molar refractivity (Wildman–Crippen MR) is 89.2 cm³/mol. The molecule has 0 saturated carbocycles. The van der Waals surface area contributed by atoms with E-state index in [4.69, 9.17) is 0 Å². The van der Waals surface area contributed by atoms with E-state index >= 15 is 0 Å². The van der Waals surface area contributed by atoms with Crippen molar-refractivity contribution in [1.29, 1.82) is 0 Å². The Bertz CT molecular complexity index is 509. The maximum absolute atomic E-state index is 12.0. The lowest BCUT2D eigenvalue weighted by atomic mass is 10.0. The molecule has 1 aromatic carbocycles. The van der Waals surface area contributed by atoms with Crippen LogP contribution in [-0.4, -0.2) is 17.4 Å². The topological polar surface area (TPSA) is 29.1 Å². The minimum Gasteiger partial charge on any atom is -0.326 e. The summed E-state index contributed by atoms with van der Waals surface area (Å²) in [4.78, 5) is 12.0. The summed E-state index contributed by atoms with van der Waals surface area (Å²) in [5.74, 6) is 3.00. The molecule has 0 aromatic heterocycles. The number of allylic oxidation sites excluding steroid dienone is 2. The SMILES string of the molecule is O=C(CC1C=CCC1)Nc1cccc(C2SCCS2)c1. The minimum absolute atomic E-state index is 0.130. The highest BCUT2D eigenvalue weighted by Gasteiger charge is 2.19. The Balaban J connectivity index is 1.60. The molecule has 3 rings (SSSR count). The quantitative estimate of drug-likeness (QED) is 0.833. The van der Waals surface area contributed by atoms with Gasteiger partial charge in [0.1, 0.15) is 0 Å². The van der Waals surface area contributed by atoms with Gasteiger partial charge in [0.2, 0.25) is 5.91 Å². The van der Waals surface area contributed by atoms with Crippen LogP contribution in [0.2, 0.25) is 0 Å². The normalized spacial score (nSPS) is 22.3. The van der Waals surface area contributed by atoms with Crippen LogP contribution in [0.1, 0.15) is 29.4 Å². The predicted octanol–water partition coefficient (Wildman–Crippen LogP) is 4.46. The second kappa shape index (κ2) is 6.72. The number of thioether (sulfide) groups is 2. The van der Waals surface area contributed by atoms with Gasteiger partial charge < -0.3 is 5.32 Å². The van der Waals surface area contributed by atoms with Crippen molar-refractivity contribution in [2.24, 2.45) is 5.92 Å². The number of amides is 1. The zero-order valence-electron chi connectivity index (χ0n) is 11.4. The fourth-order valence-electron chi connectivity index (χ4n) is 2.63. The minimum atomic E-state index is 0.130. The van der Waals surface area contributed by atoms with Gasteiger partial charge in [0.25, 0.3) is 0 Å². The van der Waals surface area contributed by atoms with E-state index < -0.39 is 0 Å². The van der Waals surface area contributed by atoms with E-state index in [9.17, 15) is 4.79 Å². The van der Waals surface area contributed by atoms with E-state index in [-0.39, 0.29) is 5.91 Å². The molecule has 2 nitrogen and oxygen atoms in total. The van der Waals surface area contributed by atoms with Crippen LogP contribution in [0.25, 0.3) is 0 Å². The number of anilines is 1. The molecule has 1 N–H and O–H groups in total. The zero-order chi connectivity index (χ0) is 13.8. The van der Waals surface area contributed by atoms with Crippen molar-refractivity contribution in [3.8, 4) is 0 Å². The third-order valence-corrected chi connectivity index (χ3v) is 6.73. The molecule has 0 bridgehead atoms. The number of carbonyl (C=O) groups is 1. The van der Waals surface area contributed by atoms with Gasteiger partial charge in [-0.25, -0.2) is 0 Å². The molecule has 1 aromatic rings. The molecule has 1 fully saturated rings. The van der Waals surface area contributed by atoms with Crippen molar-refractivity contribution in [3.05, 3.63) is 42.0 Å². The Kier molecular flexibility index (Phi) is 4.73. The molecule has 1 unspecified atom stereocenters. The number of hydrogen-bond acceptors (Lipinski definition) is 3. The van der Waals surface area contributed by atoms with Gasteiger partial charge in [-0.15, -0.1) is 23.5 Å². The monoisotopic (exact) mass is 305 g/mol. The molecule has 2 aliphatic rings. The molecular weight excluding hydrogens is 286 g/mol. The Morgan fingerprint density at radius 3 is 2.90 bits per heavy atom. The summed E-state index contributed by atoms with van der Waals surface area (Å²) < 4.78 is 0.532. The highest BCUT2D eigenvalue weighted by Crippen LogP contribution is 2.45. The van der Waals surface area contributed by atoms with Crippen molar-refractivity contribution in [2.75, 3.05) is 16.8 Å². The van der Waals surface area contributed by atoms with Gasteiger partial charge in [-0.3, -0.25) is 4.79 Å². The standard InChI is InChI=1S/C16H19NOS2/c18-15(10-12-4-1-2-5-12)17-14-7-3-6-13(11-14)16-19-8-9-20-16/h1,3-4,6-7,11-12,16H,2,5,8-10H2,(H,17,18). The summed E-state index contributed by atoms with van der Waals surface area (Å²) >= 11 is 3.98. The molecule has 0 spiro atoms. The number of benzene rings is 1. The molecule has 1 saturated heterocycles. The second-order valence-corrected chi connectivity index (χ2v) is 7.94. The third-order valence-electron chi connectivity index (χ3n) is 3.62. The van der Waals surface area contributed by atoms with Crippen LogP contribution in [0, 0.1) is 5.92 Å². The van der Waals surface area contributed by atoms with Crippen molar-refractivity contribution in [3.63, 3.8) is 0 Å². The number of rotatable bonds is 4. The maximum Gasteiger partial charge on any atom is 0.224 e. The second-order valence-electron chi connectivity index (χ2n) is 5.22. The van der Waals surface area contributed by atoms with Gasteiger partial charge in [-0.2, -0.15) is 0 Å². The largest absolute Gasteiger partial charge is 0.326 e. The van der Waals surface area contributed by atoms with E-state index in [0.717, 1.165) is 18.5 Å². The molecule has 1 atom stereocenters. The average Bonchev–Trinajstić information content (AvgIpc) is 3.11. The molecule has 106 valence electrons. The molecule has 4 heteroatoms. The summed E-state index contributed by atoms with van der Waals surface area (Å²) in [5, 5.41) is 3.04. The first-order valence-electron chi connectivity index (χ1n) is 7.11. The Morgan fingerprint density at radius 1 is 1.30 bits per heavy atom. The van der Waals surface area contributed by atoms with Crippen molar-refractivity contribution in [2.45, 2.75) is 23.8 Å². The average molecular weight is 305 g/mol. The van der Waals surface area contributed by atoms with Crippen molar-refractivity contribution >= 4 is 35.1 Å². The summed E-state index contributed by atoms with van der Waals surface area (Å²) in [6.45, 7) is 0. The van der Waals surface area contributed by atoms with E-state index in [0.29, 0.717) is 16.9 Å². The summed E-state index contributed by atoms with van der Waals surface area (Å²) in [6, 6.07) is 8.31. The van der Waals surface area contributed by atoms with Gasteiger partial charge in [0.15, 0.2) is 0 Å². The molecule has 0 radical (unpaired) electrons. The van der Waals surface area contributed by atoms with Gasteiger partial charge in [0, 0.05) is 23.6 Å². The Hall–Kier alpha value is -0.870. The number of carbonyl (C=O) groups excluding carboxylic acids is 1. The van der Waals surface area contributed by atoms with Crippen LogP contribution in [0.4, 0.5) is 5.69 Å². The van der Waals surface area contributed by atoms with Crippen LogP contribution < -0.4 is 5.32 Å². The Morgan fingerprint density at radius 2 is 2.15 bits per heavy atom. The lowest BCUT2D eigenvalue weighted by molar-refractivity contribution is -0.116. The fraction of sp³-hybridized carbons (Fsp3) is 0.438. The molecule has 1 aliphatic carbocycles. The van der Waals surface area contributed by atoms with E-state index in [1.807, 2.05) is 35.7 Å². The summed E-state index contributed by atoms with van der Waals surface area (Å²) in [6.07, 6.45) is 7.18. The van der Waals surface area contributed by atoms with Crippen LogP contribution in [0.5, 0.6) is 0 Å². The van der Waals surface area contributed by atoms with Crippen LogP contribution in [0.3, 0.4) is 0 Å². The summed E-state index contributed by atoms with van der Waals surface area (Å²) in [5.41, 5.74) is 2.25. The molecule has 1 heterocycles. The molecule has 1 aliphatic heterocycles. The highest BCUT2D eigenvalue weighted by atomic mass is 32.2. The molecule has 20 heavy (non-hydrogen) atoms. The van der Waals surface area contributed by atoms with Gasteiger partial charge in [-0.05, 0) is 36.5 Å². The highest BCUT2D eigenvalue weighted by molar-refractivity contribution is 8.19. The third kappa shape index (κ3) is 3.61. The van der Waals surface area contributed by atoms with Crippen LogP contribution in [0.15, 0.2) is 36.4 Å². The first-order valence-corrected chi connectivity index (χ1v) is 9.21. The first kappa shape index (κ1) is 14.1. The zero-order valence-corrected chi connectivity index (χ0v) is 13.0. The van der Waals surface area contributed by atoms with Gasteiger partial charge in [-0.1, -0.05) is 24.3 Å². The smallest absolute Gasteiger partial charge is 0.224 e. The maximum atomic E-state index is 12.0. The van der Waals surface area contributed by atoms with Gasteiger partial charge >= 0.3 is 0 Å². The van der Waals surface area contributed by atoms with E-state index in [1.165, 1.54) is 17.1 Å². The Labute approximate surface area is 128 Å². The lowest BCUT2D eigenvalue weighted by Crippen LogP contribution is -2.14. The summed E-state index contributed by atoms with van der Waals surface area (Å²) in [7, 11) is 0. The lowest BCUT2D eigenvalue weighted by Gasteiger charge is -2.12. The first-order chi connectivity index (χ1) is 9.81. The number of nitrogens with one attached hydrogen (secondary N) is 1. The van der Waals surface area contributed by atoms with Crippen molar-refractivity contribution < 1.29 is 4.79 Å². The molecule has 1 amide bonds. The molecular formula is C16H19NOS2. The van der Waals surface area contributed by atoms with Crippen LogP contribution in [-0.2, 0) is 4.79 Å². The van der Waals surface area contributed by atoms with Crippen LogP contribution >= 0.6 is 23.5 Å².